The Kier molecular flexibility index (Phi) is 6.16. The summed E-state index contributed by atoms with van der Waals surface area (Å²) in [6.45, 7) is 8.70. The lowest BCUT2D eigenvalue weighted by Crippen LogP contribution is -2.65. The SMILES string of the molecule is Cc1c2c3c4c5c(c(C)c(C)c4c1C)B(c1ccccc1)c1c(ccc4c1oc1ccccc14)N5C(=O)N3c1ccc3c(oc4ccccc43)c1B2c1ccccc1. The minimum atomic E-state index is -0.178. The molecule has 0 N–H and O–H groups in total. The van der Waals surface area contributed by atoms with Gasteiger partial charge in [0.15, 0.2) is 0 Å². The van der Waals surface area contributed by atoms with Crippen LogP contribution in [0.4, 0.5) is 27.5 Å². The Morgan fingerprint density at radius 2 is 0.828 bits per heavy atom. The molecule has 0 spiro atoms. The van der Waals surface area contributed by atoms with Crippen LogP contribution in [0.5, 0.6) is 0 Å². The number of carbonyl (C=O) groups is 1. The molecule has 0 unspecified atom stereocenters. The number of hydrogen-bond acceptors (Lipinski definition) is 3. The van der Waals surface area contributed by atoms with Gasteiger partial charge >= 0.3 is 6.03 Å². The summed E-state index contributed by atoms with van der Waals surface area (Å²) in [6, 6.07) is 46.6. The lowest BCUT2D eigenvalue weighted by atomic mass is 9.33. The van der Waals surface area contributed by atoms with Gasteiger partial charge in [-0.2, -0.15) is 0 Å². The summed E-state index contributed by atoms with van der Waals surface area (Å²) >= 11 is 0. The summed E-state index contributed by atoms with van der Waals surface area (Å²) in [4.78, 5) is 20.2. The Morgan fingerprint density at radius 3 is 1.28 bits per heavy atom. The molecule has 58 heavy (non-hydrogen) atoms. The molecule has 0 saturated carbocycles. The number of benzene rings is 8. The Morgan fingerprint density at radius 1 is 0.414 bits per heavy atom. The second-order valence-corrected chi connectivity index (χ2v) is 16.4. The van der Waals surface area contributed by atoms with E-state index in [1.807, 2.05) is 34.1 Å². The predicted molar refractivity (Wildman–Crippen MR) is 242 cm³/mol. The first-order valence-corrected chi connectivity index (χ1v) is 20.1. The summed E-state index contributed by atoms with van der Waals surface area (Å²) in [5.41, 5.74) is 18.5. The molecule has 0 fully saturated rings. The van der Waals surface area contributed by atoms with Crippen molar-refractivity contribution in [1.82, 2.24) is 0 Å². The molecule has 272 valence electrons. The van der Waals surface area contributed by atoms with Gasteiger partial charge in [0.1, 0.15) is 22.3 Å². The fraction of sp³-hybridized carbons (Fsp3) is 0.0784. The number of para-hydroxylation sites is 2. The third-order valence-electron chi connectivity index (χ3n) is 13.8. The summed E-state index contributed by atoms with van der Waals surface area (Å²) < 4.78 is 13.7. The Labute approximate surface area is 335 Å². The number of aryl methyl sites for hydroxylation is 2. The molecule has 3 aliphatic rings. The molecule has 2 amide bonds. The van der Waals surface area contributed by atoms with E-state index in [4.69, 9.17) is 8.83 Å². The molecule has 8 aromatic carbocycles. The zero-order valence-electron chi connectivity index (χ0n) is 32.5. The van der Waals surface area contributed by atoms with Gasteiger partial charge < -0.3 is 8.83 Å². The fourth-order valence-corrected chi connectivity index (χ4v) is 11.1. The predicted octanol–water partition coefficient (Wildman–Crippen LogP) is 8.94. The van der Waals surface area contributed by atoms with Crippen LogP contribution < -0.4 is 42.6 Å². The number of urea groups is 1. The number of carbonyl (C=O) groups excluding carboxylic acids is 1. The van der Waals surface area contributed by atoms with Gasteiger partial charge in [-0.05, 0) is 102 Å². The van der Waals surface area contributed by atoms with Crippen molar-refractivity contribution < 1.29 is 13.6 Å². The summed E-state index contributed by atoms with van der Waals surface area (Å²) in [6.07, 6.45) is 0. The van der Waals surface area contributed by atoms with Crippen molar-refractivity contribution in [1.29, 1.82) is 0 Å². The third-order valence-corrected chi connectivity index (χ3v) is 13.8. The average molecular weight is 744 g/mol. The highest BCUT2D eigenvalue weighted by atomic mass is 16.3. The number of amides is 2. The normalized spacial score (nSPS) is 14.1. The highest BCUT2D eigenvalue weighted by Crippen LogP contribution is 2.51. The van der Waals surface area contributed by atoms with Gasteiger partial charge in [-0.15, -0.1) is 0 Å². The lowest BCUT2D eigenvalue weighted by molar-refractivity contribution is 0.255. The molecule has 0 saturated heterocycles. The van der Waals surface area contributed by atoms with Crippen LogP contribution in [0.15, 0.2) is 142 Å². The van der Waals surface area contributed by atoms with Crippen molar-refractivity contribution in [3.8, 4) is 0 Å². The number of rotatable bonds is 2. The molecule has 5 heterocycles. The molecule has 0 atom stereocenters. The number of nitrogens with zero attached hydrogens (tertiary/aromatic N) is 2. The summed E-state index contributed by atoms with van der Waals surface area (Å²) in [5.74, 6) is 0. The van der Waals surface area contributed by atoms with Gasteiger partial charge in [-0.1, -0.05) is 119 Å². The highest BCUT2D eigenvalue weighted by molar-refractivity contribution is 7.01. The van der Waals surface area contributed by atoms with E-state index >= 15 is 4.79 Å². The zero-order valence-corrected chi connectivity index (χ0v) is 32.5. The van der Waals surface area contributed by atoms with Crippen molar-refractivity contribution in [2.75, 3.05) is 9.80 Å². The van der Waals surface area contributed by atoms with Gasteiger partial charge in [0.05, 0.1) is 11.4 Å². The summed E-state index contributed by atoms with van der Waals surface area (Å²) in [5, 5.41) is 6.58. The Balaban J connectivity index is 1.24. The fourth-order valence-electron chi connectivity index (χ4n) is 11.1. The molecule has 2 aromatic heterocycles. The van der Waals surface area contributed by atoms with E-state index in [-0.39, 0.29) is 19.5 Å². The molecule has 10 aromatic rings. The number of hydrogen-bond donors (Lipinski definition) is 0. The van der Waals surface area contributed by atoms with E-state index < -0.39 is 0 Å². The molecule has 0 bridgehead atoms. The Hall–Kier alpha value is -6.98. The van der Waals surface area contributed by atoms with Crippen LogP contribution >= 0.6 is 0 Å². The zero-order chi connectivity index (χ0) is 38.7. The van der Waals surface area contributed by atoms with Gasteiger partial charge in [0, 0.05) is 38.3 Å². The van der Waals surface area contributed by atoms with Crippen LogP contribution in [-0.2, 0) is 0 Å². The highest BCUT2D eigenvalue weighted by Gasteiger charge is 2.51. The maximum absolute atomic E-state index is 16.2. The van der Waals surface area contributed by atoms with E-state index in [0.29, 0.717) is 0 Å². The molecule has 3 aliphatic heterocycles. The van der Waals surface area contributed by atoms with E-state index in [1.54, 1.807) is 0 Å². The molecule has 0 aliphatic carbocycles. The van der Waals surface area contributed by atoms with Gasteiger partial charge in [-0.3, -0.25) is 9.80 Å². The van der Waals surface area contributed by atoms with Crippen molar-refractivity contribution in [2.24, 2.45) is 0 Å². The maximum Gasteiger partial charge on any atom is 0.338 e. The van der Waals surface area contributed by atoms with Crippen LogP contribution in [0.3, 0.4) is 0 Å². The van der Waals surface area contributed by atoms with Crippen LogP contribution in [-0.4, -0.2) is 19.5 Å². The molecule has 13 rings (SSSR count). The molecule has 7 heteroatoms. The lowest BCUT2D eigenvalue weighted by Gasteiger charge is -2.47. The van der Waals surface area contributed by atoms with Crippen LogP contribution in [0, 0.1) is 27.7 Å². The maximum atomic E-state index is 16.2. The summed E-state index contributed by atoms with van der Waals surface area (Å²) in [7, 11) is 0. The minimum Gasteiger partial charge on any atom is -0.457 e. The average Bonchev–Trinajstić information content (AvgIpc) is 3.84. The van der Waals surface area contributed by atoms with Gasteiger partial charge in [0.25, 0.3) is 13.4 Å². The van der Waals surface area contributed by atoms with Crippen molar-refractivity contribution in [3.05, 3.63) is 156 Å². The Bertz CT molecular complexity index is 3270. The van der Waals surface area contributed by atoms with Crippen molar-refractivity contribution >= 4 is 130 Å². The smallest absolute Gasteiger partial charge is 0.338 e. The molecular weight excluding hydrogens is 710 g/mol. The van der Waals surface area contributed by atoms with Crippen LogP contribution in [0.1, 0.15) is 22.3 Å². The minimum absolute atomic E-state index is 0.103. The van der Waals surface area contributed by atoms with Crippen LogP contribution in [0.2, 0.25) is 0 Å². The van der Waals surface area contributed by atoms with Crippen molar-refractivity contribution in [3.63, 3.8) is 0 Å². The first-order chi connectivity index (χ1) is 28.4. The van der Waals surface area contributed by atoms with E-state index in [0.717, 1.165) is 93.9 Å². The van der Waals surface area contributed by atoms with Gasteiger partial charge in [0.2, 0.25) is 0 Å². The largest absolute Gasteiger partial charge is 0.457 e. The standard InChI is InChI=1S/C51H34B2N2O3/c1-27-29(3)43-47-42-41(27)28(2)30(4)44-48(42)55(38-26-24-36-34-20-12-14-22-40(34)58-50(36)46(38)53(44)32-17-9-6-10-18-32)51(56)54(47)37-25-23-35-33-19-11-13-21-39(33)57-49(35)45(37)52(43)31-15-7-5-8-16-31/h5-26H,1-4H3. The number of fused-ring (bicyclic) bond motifs is 12. The first kappa shape index (κ1) is 32.1. The number of furan rings is 2. The van der Waals surface area contributed by atoms with Crippen molar-refractivity contribution in [2.45, 2.75) is 27.7 Å². The quantitative estimate of drug-likeness (QED) is 0.166. The van der Waals surface area contributed by atoms with E-state index in [1.165, 1.54) is 38.6 Å². The van der Waals surface area contributed by atoms with Gasteiger partial charge in [-0.25, -0.2) is 4.79 Å². The first-order valence-electron chi connectivity index (χ1n) is 20.1. The topological polar surface area (TPSA) is 49.8 Å². The second-order valence-electron chi connectivity index (χ2n) is 16.4. The second kappa shape index (κ2) is 11.1. The third kappa shape index (κ3) is 3.78. The van der Waals surface area contributed by atoms with Crippen LogP contribution in [0.25, 0.3) is 54.6 Å². The molecule has 5 nitrogen and oxygen atoms in total. The monoisotopic (exact) mass is 744 g/mol. The van der Waals surface area contributed by atoms with E-state index in [9.17, 15) is 0 Å². The van der Waals surface area contributed by atoms with E-state index in [2.05, 4.69) is 137 Å². The number of anilines is 4. The molecule has 0 radical (unpaired) electrons. The molecular formula is C51H34B2N2O3.